The molecule has 3 rings (SSSR count). The lowest BCUT2D eigenvalue weighted by molar-refractivity contribution is -0.257. The Balaban J connectivity index is 1.42. The molecule has 0 bridgehead atoms. The lowest BCUT2D eigenvalue weighted by Crippen LogP contribution is -2.55. The second-order valence-electron chi connectivity index (χ2n) is 8.98. The minimum atomic E-state index is -1.23. The Hall–Kier alpha value is -1.58. The first-order valence-corrected chi connectivity index (χ1v) is 12.1. The first-order valence-electron chi connectivity index (χ1n) is 12.1. The minimum absolute atomic E-state index is 0.0547. The fraction of sp³-hybridized carbons (Fsp3) is 0.750. The smallest absolute Gasteiger partial charge is 0.160 e. The highest BCUT2D eigenvalue weighted by molar-refractivity contribution is 5.45. The molecule has 0 aliphatic carbocycles. The summed E-state index contributed by atoms with van der Waals surface area (Å²) in [6, 6.07) is 3.68. The largest absolute Gasteiger partial charge is 0.491 e. The SMILES string of the molecule is Cc1cc(C)c(OCCO[C@H]2COC(CO)[C@@H](O)C2O)cc1OCCO[C@H]1CC(O)[C@H](O)C(CO)O1. The summed E-state index contributed by atoms with van der Waals surface area (Å²) in [4.78, 5) is 0. The van der Waals surface area contributed by atoms with E-state index in [-0.39, 0.29) is 46.1 Å². The van der Waals surface area contributed by atoms with Gasteiger partial charge in [0.25, 0.3) is 0 Å². The third kappa shape index (κ3) is 7.48. The first-order chi connectivity index (χ1) is 17.2. The predicted molar refractivity (Wildman–Crippen MR) is 124 cm³/mol. The molecule has 12 nitrogen and oxygen atoms in total. The number of rotatable bonds is 12. The lowest BCUT2D eigenvalue weighted by Gasteiger charge is -2.36. The van der Waals surface area contributed by atoms with Gasteiger partial charge in [0.1, 0.15) is 61.3 Å². The number of aliphatic hydroxyl groups is 6. The van der Waals surface area contributed by atoms with E-state index in [0.29, 0.717) is 11.5 Å². The van der Waals surface area contributed by atoms with Crippen molar-refractivity contribution in [2.45, 2.75) is 69.3 Å². The van der Waals surface area contributed by atoms with E-state index >= 15 is 0 Å². The van der Waals surface area contributed by atoms with Crippen LogP contribution in [0.5, 0.6) is 11.5 Å². The highest BCUT2D eigenvalue weighted by atomic mass is 16.7. The van der Waals surface area contributed by atoms with E-state index in [4.69, 9.17) is 33.5 Å². The van der Waals surface area contributed by atoms with Gasteiger partial charge in [0.05, 0.1) is 39.1 Å². The van der Waals surface area contributed by atoms with Crippen molar-refractivity contribution in [1.29, 1.82) is 0 Å². The van der Waals surface area contributed by atoms with Gasteiger partial charge in [-0.3, -0.25) is 0 Å². The first kappa shape index (κ1) is 29.0. The molecule has 2 heterocycles. The molecule has 2 fully saturated rings. The molecule has 1 aromatic carbocycles. The monoisotopic (exact) mass is 518 g/mol. The summed E-state index contributed by atoms with van der Waals surface area (Å²) >= 11 is 0. The van der Waals surface area contributed by atoms with Crippen LogP contribution in [0.3, 0.4) is 0 Å². The quantitative estimate of drug-likeness (QED) is 0.175. The average molecular weight is 519 g/mol. The van der Waals surface area contributed by atoms with E-state index in [2.05, 4.69) is 0 Å². The maximum absolute atomic E-state index is 10.1. The van der Waals surface area contributed by atoms with E-state index in [1.54, 1.807) is 6.07 Å². The molecule has 0 aromatic heterocycles. The lowest BCUT2D eigenvalue weighted by atomic mass is 10.0. The van der Waals surface area contributed by atoms with Gasteiger partial charge >= 0.3 is 0 Å². The molecule has 0 spiro atoms. The van der Waals surface area contributed by atoms with Crippen LogP contribution >= 0.6 is 0 Å². The Morgan fingerprint density at radius 3 is 2.00 bits per heavy atom. The summed E-state index contributed by atoms with van der Waals surface area (Å²) in [6.45, 7) is 3.75. The van der Waals surface area contributed by atoms with Crippen molar-refractivity contribution in [1.82, 2.24) is 0 Å². The topological polar surface area (TPSA) is 177 Å². The normalized spacial score (nSPS) is 32.9. The van der Waals surface area contributed by atoms with Crippen LogP contribution in [0.15, 0.2) is 12.1 Å². The van der Waals surface area contributed by atoms with Gasteiger partial charge < -0.3 is 59.1 Å². The van der Waals surface area contributed by atoms with Crippen molar-refractivity contribution in [2.24, 2.45) is 0 Å². The highest BCUT2D eigenvalue weighted by Crippen LogP contribution is 2.29. The number of aryl methyl sites for hydroxylation is 2. The van der Waals surface area contributed by atoms with Gasteiger partial charge in [-0.1, -0.05) is 0 Å². The van der Waals surface area contributed by atoms with Crippen LogP contribution < -0.4 is 9.47 Å². The maximum atomic E-state index is 10.1. The van der Waals surface area contributed by atoms with Gasteiger partial charge in [-0.05, 0) is 31.0 Å². The van der Waals surface area contributed by atoms with E-state index in [9.17, 15) is 25.5 Å². The second kappa shape index (κ2) is 13.8. The third-order valence-electron chi connectivity index (χ3n) is 6.27. The molecule has 2 aliphatic rings. The molecular weight excluding hydrogens is 480 g/mol. The Morgan fingerprint density at radius 2 is 1.39 bits per heavy atom. The van der Waals surface area contributed by atoms with Crippen LogP contribution in [0.25, 0.3) is 0 Å². The molecule has 0 radical (unpaired) electrons. The van der Waals surface area contributed by atoms with Crippen LogP contribution in [0.4, 0.5) is 0 Å². The fourth-order valence-corrected chi connectivity index (χ4v) is 4.14. The standard InChI is InChI=1S/C24H38O12/c1-13-7-14(2)17(32-5-6-34-21-8-15(27)22(28)19(11-26)36-21)9-16(13)31-3-4-33-20-12-35-18(10-25)23(29)24(20)30/h7,9,15,18-30H,3-6,8,10-12H2,1-2H3/t15?,18?,19?,20-,21+,22-,23+,24?/m0/s1. The van der Waals surface area contributed by atoms with E-state index in [0.717, 1.165) is 11.1 Å². The summed E-state index contributed by atoms with van der Waals surface area (Å²) in [7, 11) is 0. The van der Waals surface area contributed by atoms with Gasteiger partial charge in [-0.25, -0.2) is 0 Å². The Morgan fingerprint density at radius 1 is 0.778 bits per heavy atom. The third-order valence-corrected chi connectivity index (χ3v) is 6.27. The number of hydrogen-bond donors (Lipinski definition) is 6. The van der Waals surface area contributed by atoms with Gasteiger partial charge in [0.15, 0.2) is 6.29 Å². The predicted octanol–water partition coefficient (Wildman–Crippen LogP) is -1.60. The molecule has 0 amide bonds. The van der Waals surface area contributed by atoms with Crippen molar-refractivity contribution < 1.29 is 59.1 Å². The van der Waals surface area contributed by atoms with Crippen molar-refractivity contribution in [3.05, 3.63) is 23.3 Å². The van der Waals surface area contributed by atoms with E-state index < -0.39 is 55.6 Å². The molecule has 12 heteroatoms. The zero-order valence-electron chi connectivity index (χ0n) is 20.6. The molecule has 0 saturated carbocycles. The molecule has 2 saturated heterocycles. The van der Waals surface area contributed by atoms with Gasteiger partial charge in [-0.2, -0.15) is 0 Å². The Bertz CT molecular complexity index is 808. The molecule has 2 aliphatic heterocycles. The Labute approximate surface area is 209 Å². The number of benzene rings is 1. The summed E-state index contributed by atoms with van der Waals surface area (Å²) in [6.07, 6.45) is -7.72. The van der Waals surface area contributed by atoms with Crippen LogP contribution in [0.1, 0.15) is 17.5 Å². The van der Waals surface area contributed by atoms with Crippen molar-refractivity contribution in [3.63, 3.8) is 0 Å². The van der Waals surface area contributed by atoms with Crippen molar-refractivity contribution in [2.75, 3.05) is 46.2 Å². The van der Waals surface area contributed by atoms with Gasteiger partial charge in [0.2, 0.25) is 0 Å². The van der Waals surface area contributed by atoms with E-state index in [1.165, 1.54) is 0 Å². The van der Waals surface area contributed by atoms with Gasteiger partial charge in [0, 0.05) is 12.5 Å². The Kier molecular flexibility index (Phi) is 11.1. The summed E-state index contributed by atoms with van der Waals surface area (Å²) in [5.74, 6) is 1.20. The van der Waals surface area contributed by atoms with E-state index in [1.807, 2.05) is 19.9 Å². The summed E-state index contributed by atoms with van der Waals surface area (Å²) in [5, 5.41) is 58.1. The van der Waals surface area contributed by atoms with Gasteiger partial charge in [-0.15, -0.1) is 0 Å². The number of aliphatic hydroxyl groups excluding tert-OH is 6. The molecule has 6 N–H and O–H groups in total. The van der Waals surface area contributed by atoms with Crippen molar-refractivity contribution >= 4 is 0 Å². The highest BCUT2D eigenvalue weighted by Gasteiger charge is 2.39. The molecular formula is C24H38O12. The minimum Gasteiger partial charge on any atom is -0.491 e. The summed E-state index contributed by atoms with van der Waals surface area (Å²) in [5.41, 5.74) is 1.80. The summed E-state index contributed by atoms with van der Waals surface area (Å²) < 4.78 is 33.5. The molecule has 8 atom stereocenters. The molecule has 4 unspecified atom stereocenters. The van der Waals surface area contributed by atoms with Crippen molar-refractivity contribution in [3.8, 4) is 11.5 Å². The molecule has 206 valence electrons. The zero-order chi connectivity index (χ0) is 26.2. The van der Waals surface area contributed by atoms with Crippen LogP contribution in [-0.2, 0) is 18.9 Å². The van der Waals surface area contributed by atoms with Crippen LogP contribution in [0.2, 0.25) is 0 Å². The average Bonchev–Trinajstić information content (AvgIpc) is 2.86. The molecule has 36 heavy (non-hydrogen) atoms. The fourth-order valence-electron chi connectivity index (χ4n) is 4.14. The second-order valence-corrected chi connectivity index (χ2v) is 8.98. The number of hydrogen-bond acceptors (Lipinski definition) is 12. The van der Waals surface area contributed by atoms with Crippen LogP contribution in [-0.4, -0.2) is 126 Å². The molecule has 1 aromatic rings. The zero-order valence-corrected chi connectivity index (χ0v) is 20.6. The van der Waals surface area contributed by atoms with Crippen LogP contribution in [0, 0.1) is 13.8 Å². The number of ether oxygens (including phenoxy) is 6. The maximum Gasteiger partial charge on any atom is 0.160 e.